The van der Waals surface area contributed by atoms with E-state index in [4.69, 9.17) is 13.9 Å². The molecule has 1 saturated heterocycles. The summed E-state index contributed by atoms with van der Waals surface area (Å²) in [6.07, 6.45) is -2.74. The molecule has 0 bridgehead atoms. The lowest BCUT2D eigenvalue weighted by Crippen LogP contribution is -2.41. The molecule has 3 heterocycles. The van der Waals surface area contributed by atoms with E-state index >= 15 is 0 Å². The van der Waals surface area contributed by atoms with Crippen molar-refractivity contribution in [2.24, 2.45) is 0 Å². The maximum Gasteiger partial charge on any atom is 0.470 e. The van der Waals surface area contributed by atoms with Crippen LogP contribution in [0, 0.1) is 0 Å². The van der Waals surface area contributed by atoms with Gasteiger partial charge in [-0.05, 0) is 32.8 Å². The third-order valence-electron chi connectivity index (χ3n) is 5.21. The lowest BCUT2D eigenvalue weighted by molar-refractivity contribution is -0.157. The molecule has 0 aliphatic carbocycles. The fourth-order valence-electron chi connectivity index (χ4n) is 3.85. The lowest BCUT2D eigenvalue weighted by atomic mass is 9.98. The van der Waals surface area contributed by atoms with Crippen molar-refractivity contribution in [2.45, 2.75) is 50.8 Å². The van der Waals surface area contributed by atoms with Gasteiger partial charge in [-0.2, -0.15) is 13.2 Å². The number of nitrogens with zero attached hydrogens (tertiary/aromatic N) is 3. The quantitative estimate of drug-likeness (QED) is 0.745. The Balaban J connectivity index is 1.38. The van der Waals surface area contributed by atoms with Crippen molar-refractivity contribution in [3.8, 4) is 11.5 Å². The fourth-order valence-corrected chi connectivity index (χ4v) is 3.85. The highest BCUT2D eigenvalue weighted by Crippen LogP contribution is 2.41. The zero-order valence-corrected chi connectivity index (χ0v) is 16.7. The molecule has 162 valence electrons. The van der Waals surface area contributed by atoms with Gasteiger partial charge in [-0.1, -0.05) is 12.1 Å². The Hall–Kier alpha value is -2.78. The average Bonchev–Trinajstić information content (AvgIpc) is 3.29. The van der Waals surface area contributed by atoms with Gasteiger partial charge in [0.05, 0.1) is 5.92 Å². The van der Waals surface area contributed by atoms with Crippen LogP contribution >= 0.6 is 0 Å². The van der Waals surface area contributed by atoms with Crippen LogP contribution in [0.4, 0.5) is 13.2 Å². The van der Waals surface area contributed by atoms with Gasteiger partial charge >= 0.3 is 12.1 Å². The highest BCUT2D eigenvalue weighted by molar-refractivity contribution is 5.78. The second-order valence-electron chi connectivity index (χ2n) is 8.19. The molecule has 2 aromatic rings. The summed E-state index contributed by atoms with van der Waals surface area (Å²) in [5.41, 5.74) is 0.700. The molecule has 0 N–H and O–H groups in total. The summed E-state index contributed by atoms with van der Waals surface area (Å²) in [5.74, 6) is -1.01. The molecule has 0 radical (unpaired) electrons. The topological polar surface area (TPSA) is 77.7 Å². The van der Waals surface area contributed by atoms with E-state index in [9.17, 15) is 18.0 Å². The number of carbonyl (C=O) groups is 1. The normalized spacial score (nSPS) is 20.6. The Bertz CT molecular complexity index is 942. The Morgan fingerprint density at radius 3 is 2.87 bits per heavy atom. The summed E-state index contributed by atoms with van der Waals surface area (Å²) in [7, 11) is 0. The number of aromatic nitrogens is 2. The Kier molecular flexibility index (Phi) is 5.11. The lowest BCUT2D eigenvalue weighted by Gasteiger charge is -2.31. The molecule has 1 aromatic carbocycles. The second kappa shape index (κ2) is 7.48. The summed E-state index contributed by atoms with van der Waals surface area (Å²) in [5, 5.41) is 6.59. The predicted molar refractivity (Wildman–Crippen MR) is 98.2 cm³/mol. The van der Waals surface area contributed by atoms with Gasteiger partial charge in [0.15, 0.2) is 18.1 Å². The van der Waals surface area contributed by atoms with Crippen molar-refractivity contribution in [3.05, 3.63) is 35.5 Å². The van der Waals surface area contributed by atoms with E-state index in [1.54, 1.807) is 11.0 Å². The number of alkyl halides is 3. The molecule has 1 fully saturated rings. The molecular formula is C20H22F3N3O4. The van der Waals surface area contributed by atoms with Crippen LogP contribution in [-0.4, -0.2) is 46.3 Å². The van der Waals surface area contributed by atoms with E-state index in [1.165, 1.54) is 0 Å². The first-order valence-electron chi connectivity index (χ1n) is 9.74. The number of rotatable bonds is 4. The SMILES string of the molecule is CC1(C)Cc2cccc(OCC(=O)N3CCCC(c4nnc(C(F)(F)F)o4)C3)c2O1. The van der Waals surface area contributed by atoms with Crippen molar-refractivity contribution in [1.82, 2.24) is 15.1 Å². The van der Waals surface area contributed by atoms with E-state index in [2.05, 4.69) is 10.2 Å². The number of hydrogen-bond acceptors (Lipinski definition) is 6. The van der Waals surface area contributed by atoms with Crippen molar-refractivity contribution >= 4 is 5.91 Å². The van der Waals surface area contributed by atoms with Gasteiger partial charge < -0.3 is 18.8 Å². The Morgan fingerprint density at radius 1 is 1.33 bits per heavy atom. The van der Waals surface area contributed by atoms with Gasteiger partial charge in [0.2, 0.25) is 5.89 Å². The van der Waals surface area contributed by atoms with E-state index in [1.807, 2.05) is 26.0 Å². The molecule has 1 atom stereocenters. The van der Waals surface area contributed by atoms with E-state index in [-0.39, 0.29) is 30.6 Å². The summed E-state index contributed by atoms with van der Waals surface area (Å²) < 4.78 is 54.5. The number of benzene rings is 1. The highest BCUT2D eigenvalue weighted by atomic mass is 19.4. The molecule has 1 amide bonds. The van der Waals surface area contributed by atoms with Crippen molar-refractivity contribution in [1.29, 1.82) is 0 Å². The zero-order valence-electron chi connectivity index (χ0n) is 16.7. The summed E-state index contributed by atoms with van der Waals surface area (Å²) in [6, 6.07) is 5.57. The van der Waals surface area contributed by atoms with Crippen molar-refractivity contribution in [2.75, 3.05) is 19.7 Å². The molecule has 2 aliphatic heterocycles. The molecule has 10 heteroatoms. The third kappa shape index (κ3) is 4.22. The second-order valence-corrected chi connectivity index (χ2v) is 8.19. The van der Waals surface area contributed by atoms with Crippen molar-refractivity contribution < 1.29 is 31.9 Å². The monoisotopic (exact) mass is 425 g/mol. The number of hydrogen-bond donors (Lipinski definition) is 0. The molecule has 1 unspecified atom stereocenters. The maximum absolute atomic E-state index is 12.7. The molecular weight excluding hydrogens is 403 g/mol. The van der Waals surface area contributed by atoms with Gasteiger partial charge in [0, 0.05) is 25.1 Å². The van der Waals surface area contributed by atoms with Crippen LogP contribution in [0.3, 0.4) is 0 Å². The number of carbonyl (C=O) groups excluding carboxylic acids is 1. The van der Waals surface area contributed by atoms with Gasteiger partial charge in [-0.15, -0.1) is 10.2 Å². The Morgan fingerprint density at radius 2 is 2.13 bits per heavy atom. The number of likely N-dealkylation sites (tertiary alicyclic amines) is 1. The number of para-hydroxylation sites is 1. The standard InChI is InChI=1S/C20H22F3N3O4/c1-19(2)9-12-5-3-7-14(16(12)30-19)28-11-15(27)26-8-4-6-13(10-26)17-24-25-18(29-17)20(21,22)23/h3,5,7,13H,4,6,8-11H2,1-2H3. The summed E-state index contributed by atoms with van der Waals surface area (Å²) in [6.45, 7) is 4.48. The first kappa shape index (κ1) is 20.5. The van der Waals surface area contributed by atoms with Crippen LogP contribution in [0.5, 0.6) is 11.5 Å². The molecule has 30 heavy (non-hydrogen) atoms. The first-order chi connectivity index (χ1) is 14.1. The first-order valence-corrected chi connectivity index (χ1v) is 9.74. The van der Waals surface area contributed by atoms with Crippen LogP contribution in [0.15, 0.2) is 22.6 Å². The number of halogens is 3. The van der Waals surface area contributed by atoms with Crippen LogP contribution in [0.1, 0.15) is 50.0 Å². The average molecular weight is 425 g/mol. The minimum atomic E-state index is -4.68. The zero-order chi connectivity index (χ0) is 21.5. The van der Waals surface area contributed by atoms with Crippen LogP contribution in [-0.2, 0) is 17.4 Å². The van der Waals surface area contributed by atoms with Gasteiger partial charge in [-0.3, -0.25) is 4.79 Å². The molecule has 0 saturated carbocycles. The number of piperidine rings is 1. The highest BCUT2D eigenvalue weighted by Gasteiger charge is 2.39. The van der Waals surface area contributed by atoms with Gasteiger partial charge in [-0.25, -0.2) is 0 Å². The molecule has 2 aliphatic rings. The van der Waals surface area contributed by atoms with Gasteiger partial charge in [0.25, 0.3) is 5.91 Å². The summed E-state index contributed by atoms with van der Waals surface area (Å²) >= 11 is 0. The fraction of sp³-hybridized carbons (Fsp3) is 0.550. The largest absolute Gasteiger partial charge is 0.483 e. The van der Waals surface area contributed by atoms with E-state index in [0.717, 1.165) is 12.0 Å². The minimum Gasteiger partial charge on any atom is -0.483 e. The molecule has 1 aromatic heterocycles. The smallest absolute Gasteiger partial charge is 0.470 e. The predicted octanol–water partition coefficient (Wildman–Crippen LogP) is 3.59. The van der Waals surface area contributed by atoms with Crippen LogP contribution in [0.2, 0.25) is 0 Å². The number of fused-ring (bicyclic) bond motifs is 1. The van der Waals surface area contributed by atoms with Gasteiger partial charge in [0.1, 0.15) is 5.60 Å². The molecule has 7 nitrogen and oxygen atoms in total. The minimum absolute atomic E-state index is 0.0998. The summed E-state index contributed by atoms with van der Waals surface area (Å²) in [4.78, 5) is 14.2. The van der Waals surface area contributed by atoms with Crippen LogP contribution in [0.25, 0.3) is 0 Å². The Labute approximate surface area is 171 Å². The number of amides is 1. The van der Waals surface area contributed by atoms with E-state index < -0.39 is 18.0 Å². The van der Waals surface area contributed by atoms with Crippen molar-refractivity contribution in [3.63, 3.8) is 0 Å². The van der Waals surface area contributed by atoms with Crippen LogP contribution < -0.4 is 9.47 Å². The van der Waals surface area contributed by atoms with E-state index in [0.29, 0.717) is 30.9 Å². The third-order valence-corrected chi connectivity index (χ3v) is 5.21. The molecule has 0 spiro atoms. The maximum atomic E-state index is 12.7. The molecule has 4 rings (SSSR count). The number of ether oxygens (including phenoxy) is 2.